The normalized spacial score (nSPS) is 42.2. The Morgan fingerprint density at radius 3 is 2.67 bits per heavy atom. The number of esters is 1. The number of aliphatic hydroxyl groups excluding tert-OH is 1. The van der Waals surface area contributed by atoms with Gasteiger partial charge in [-0.3, -0.25) is 14.4 Å². The van der Waals surface area contributed by atoms with E-state index in [1.807, 2.05) is 13.0 Å². The zero-order valence-corrected chi connectivity index (χ0v) is 20.1. The molecule has 1 N–H and O–H groups in total. The third kappa shape index (κ3) is 3.46. The lowest BCUT2D eigenvalue weighted by Crippen LogP contribution is -2.63. The maximum absolute atomic E-state index is 13.6. The summed E-state index contributed by atoms with van der Waals surface area (Å²) in [6.45, 7) is 9.22. The number of methoxy groups -OCH3 is 1. The Morgan fingerprint density at radius 1 is 1.27 bits per heavy atom. The van der Waals surface area contributed by atoms with Crippen LogP contribution in [0.5, 0.6) is 0 Å². The van der Waals surface area contributed by atoms with Crippen molar-refractivity contribution < 1.29 is 33.7 Å². The van der Waals surface area contributed by atoms with E-state index in [2.05, 4.69) is 13.5 Å². The summed E-state index contributed by atoms with van der Waals surface area (Å²) in [6.07, 6.45) is 5.05. The Bertz CT molecular complexity index is 906. The number of rotatable bonds is 6. The van der Waals surface area contributed by atoms with E-state index in [-0.39, 0.29) is 41.5 Å². The summed E-state index contributed by atoms with van der Waals surface area (Å²) in [5.74, 6) is -0.466. The van der Waals surface area contributed by atoms with Gasteiger partial charge in [-0.05, 0) is 66.9 Å². The molecule has 0 radical (unpaired) electrons. The summed E-state index contributed by atoms with van der Waals surface area (Å²) in [7, 11) is 1.49. The highest BCUT2D eigenvalue weighted by atomic mass is 16.7. The molecule has 4 aliphatic rings. The molecule has 0 amide bonds. The van der Waals surface area contributed by atoms with Gasteiger partial charge in [-0.25, -0.2) is 0 Å². The van der Waals surface area contributed by atoms with E-state index in [9.17, 15) is 19.5 Å². The number of carbonyl (C=O) groups excluding carboxylic acids is 3. The molecule has 0 spiro atoms. The van der Waals surface area contributed by atoms with Crippen molar-refractivity contribution in [2.45, 2.75) is 71.0 Å². The van der Waals surface area contributed by atoms with Crippen molar-refractivity contribution in [3.05, 3.63) is 23.8 Å². The molecular formula is C26H36O7. The van der Waals surface area contributed by atoms with Crippen LogP contribution in [0, 0.1) is 28.6 Å². The Hall–Kier alpha value is -1.83. The van der Waals surface area contributed by atoms with E-state index >= 15 is 0 Å². The summed E-state index contributed by atoms with van der Waals surface area (Å²) in [5, 5.41) is 11.6. The summed E-state index contributed by atoms with van der Waals surface area (Å²) >= 11 is 0. The highest BCUT2D eigenvalue weighted by Gasteiger charge is 2.71. The number of allylic oxidation sites excluding steroid dienone is 1. The van der Waals surface area contributed by atoms with Crippen LogP contribution >= 0.6 is 0 Å². The van der Waals surface area contributed by atoms with Gasteiger partial charge in [0.15, 0.2) is 18.0 Å². The van der Waals surface area contributed by atoms with E-state index in [0.717, 1.165) is 24.8 Å². The fraction of sp³-hybridized carbons (Fsp3) is 0.731. The lowest BCUT2D eigenvalue weighted by atomic mass is 9.45. The van der Waals surface area contributed by atoms with Gasteiger partial charge in [-0.1, -0.05) is 26.0 Å². The molecule has 0 saturated heterocycles. The van der Waals surface area contributed by atoms with Crippen LogP contribution in [0.15, 0.2) is 23.8 Å². The van der Waals surface area contributed by atoms with Crippen molar-refractivity contribution in [2.24, 2.45) is 28.6 Å². The molecule has 0 aromatic carbocycles. The third-order valence-electron chi connectivity index (χ3n) is 9.25. The molecule has 0 bridgehead atoms. The number of Topliss-reactive ketones (excluding diaryl/α,β-unsaturated/α-hetero) is 1. The Kier molecular flexibility index (Phi) is 6.21. The van der Waals surface area contributed by atoms with Gasteiger partial charge >= 0.3 is 5.97 Å². The van der Waals surface area contributed by atoms with E-state index < -0.39 is 29.7 Å². The predicted molar refractivity (Wildman–Crippen MR) is 120 cm³/mol. The van der Waals surface area contributed by atoms with Crippen LogP contribution in [0.1, 0.15) is 59.3 Å². The fourth-order valence-corrected chi connectivity index (χ4v) is 7.91. The molecule has 7 atom stereocenters. The van der Waals surface area contributed by atoms with Gasteiger partial charge in [-0.2, -0.15) is 0 Å². The lowest BCUT2D eigenvalue weighted by molar-refractivity contribution is -0.209. The van der Waals surface area contributed by atoms with Crippen LogP contribution in [0.2, 0.25) is 0 Å². The summed E-state index contributed by atoms with van der Waals surface area (Å²) in [4.78, 5) is 37.1. The van der Waals surface area contributed by atoms with Crippen LogP contribution < -0.4 is 0 Å². The molecule has 0 heterocycles. The maximum Gasteiger partial charge on any atom is 0.303 e. The molecule has 0 aromatic rings. The minimum Gasteiger partial charge on any atom is -0.458 e. The van der Waals surface area contributed by atoms with E-state index in [1.54, 1.807) is 0 Å². The summed E-state index contributed by atoms with van der Waals surface area (Å²) in [5.41, 5.74) is -0.522. The smallest absolute Gasteiger partial charge is 0.303 e. The van der Waals surface area contributed by atoms with E-state index in [0.29, 0.717) is 24.8 Å². The maximum atomic E-state index is 13.6. The molecule has 0 aliphatic heterocycles. The standard InChI is InChI=1S/C26H36O7/c1-15-10-20-19-7-6-17-11-18(28)8-9-24(17,3)23(19)21(29)12-25(20,4)26(15,33-14-31-5)22(30)13-32-16(2)27/h11,19-21,23,29H,1,6-10,12-14H2,2-5H3/t19-,20-,21?,23+,24-,25-,26-/m0/s1. The number of hydrogen-bond acceptors (Lipinski definition) is 7. The molecule has 4 aliphatic carbocycles. The molecule has 4 rings (SSSR count). The average Bonchev–Trinajstić information content (AvgIpc) is 2.97. The first-order chi connectivity index (χ1) is 15.5. The molecule has 7 heteroatoms. The van der Waals surface area contributed by atoms with Crippen LogP contribution in [-0.4, -0.2) is 54.9 Å². The van der Waals surface area contributed by atoms with Crippen molar-refractivity contribution in [2.75, 3.05) is 20.5 Å². The molecule has 3 fully saturated rings. The first-order valence-electron chi connectivity index (χ1n) is 11.9. The predicted octanol–water partition coefficient (Wildman–Crippen LogP) is 3.15. The Balaban J connectivity index is 1.75. The average molecular weight is 461 g/mol. The molecule has 0 aromatic heterocycles. The van der Waals surface area contributed by atoms with Crippen LogP contribution in [0.25, 0.3) is 0 Å². The number of ether oxygens (including phenoxy) is 3. The van der Waals surface area contributed by atoms with Gasteiger partial charge in [0.2, 0.25) is 5.78 Å². The van der Waals surface area contributed by atoms with Crippen molar-refractivity contribution in [1.82, 2.24) is 0 Å². The molecule has 182 valence electrons. The van der Waals surface area contributed by atoms with Crippen LogP contribution in [0.4, 0.5) is 0 Å². The number of fused-ring (bicyclic) bond motifs is 5. The van der Waals surface area contributed by atoms with Crippen molar-refractivity contribution in [3.8, 4) is 0 Å². The van der Waals surface area contributed by atoms with E-state index in [1.165, 1.54) is 14.0 Å². The number of hydrogen-bond donors (Lipinski definition) is 1. The monoisotopic (exact) mass is 460 g/mol. The highest BCUT2D eigenvalue weighted by molar-refractivity contribution is 5.94. The van der Waals surface area contributed by atoms with Crippen LogP contribution in [0.3, 0.4) is 0 Å². The third-order valence-corrected chi connectivity index (χ3v) is 9.25. The van der Waals surface area contributed by atoms with Gasteiger partial charge in [0.05, 0.1) is 6.10 Å². The minimum absolute atomic E-state index is 0.0123. The Labute approximate surface area is 195 Å². The van der Waals surface area contributed by atoms with Gasteiger partial charge in [0.1, 0.15) is 6.79 Å². The topological polar surface area (TPSA) is 99.1 Å². The number of carbonyl (C=O) groups is 3. The SMILES string of the molecule is C=C1C[C@H]2[C@@H]3CCC4=CC(=O)CC[C@]4(C)[C@H]3C(O)C[C@]2(C)[C@@]1(OCOC)C(=O)COC(C)=O. The zero-order valence-electron chi connectivity index (χ0n) is 20.1. The van der Waals surface area contributed by atoms with Crippen molar-refractivity contribution >= 4 is 17.5 Å². The molecule has 1 unspecified atom stereocenters. The molecular weight excluding hydrogens is 424 g/mol. The zero-order chi connectivity index (χ0) is 24.2. The highest BCUT2D eigenvalue weighted by Crippen LogP contribution is 2.69. The largest absolute Gasteiger partial charge is 0.458 e. The second-order valence-corrected chi connectivity index (χ2v) is 10.8. The lowest BCUT2D eigenvalue weighted by Gasteiger charge is -2.60. The fourth-order valence-electron chi connectivity index (χ4n) is 7.91. The quantitative estimate of drug-likeness (QED) is 0.369. The molecule has 7 nitrogen and oxygen atoms in total. The first kappa shape index (κ1) is 24.3. The second kappa shape index (κ2) is 8.43. The molecule has 33 heavy (non-hydrogen) atoms. The summed E-state index contributed by atoms with van der Waals surface area (Å²) < 4.78 is 16.4. The number of aliphatic hydroxyl groups is 1. The van der Waals surface area contributed by atoms with Gasteiger partial charge < -0.3 is 19.3 Å². The summed E-state index contributed by atoms with van der Waals surface area (Å²) in [6, 6.07) is 0. The van der Waals surface area contributed by atoms with Crippen LogP contribution in [-0.2, 0) is 28.6 Å². The minimum atomic E-state index is -1.39. The van der Waals surface area contributed by atoms with Gasteiger partial charge in [-0.15, -0.1) is 0 Å². The molecule has 3 saturated carbocycles. The first-order valence-corrected chi connectivity index (χ1v) is 11.9. The second-order valence-electron chi connectivity index (χ2n) is 10.8. The Morgan fingerprint density at radius 2 is 2.00 bits per heavy atom. The number of ketones is 2. The van der Waals surface area contributed by atoms with E-state index in [4.69, 9.17) is 14.2 Å². The van der Waals surface area contributed by atoms with Crippen molar-refractivity contribution in [1.29, 1.82) is 0 Å². The van der Waals surface area contributed by atoms with Gasteiger partial charge in [0, 0.05) is 25.9 Å². The van der Waals surface area contributed by atoms with Crippen molar-refractivity contribution in [3.63, 3.8) is 0 Å². The van der Waals surface area contributed by atoms with Gasteiger partial charge in [0.25, 0.3) is 0 Å².